The van der Waals surface area contributed by atoms with Gasteiger partial charge in [0.2, 0.25) is 10.0 Å². The Balaban J connectivity index is 1.72. The van der Waals surface area contributed by atoms with E-state index in [2.05, 4.69) is 0 Å². The number of esters is 1. The number of anilines is 1. The molecule has 1 aliphatic heterocycles. The summed E-state index contributed by atoms with van der Waals surface area (Å²) in [7, 11) is -3.88. The molecule has 1 unspecified atom stereocenters. The Labute approximate surface area is 155 Å². The van der Waals surface area contributed by atoms with E-state index < -0.39 is 22.1 Å². The average Bonchev–Trinajstić information content (AvgIpc) is 3.11. The first kappa shape index (κ1) is 18.6. The second kappa shape index (κ2) is 7.18. The van der Waals surface area contributed by atoms with Gasteiger partial charge in [-0.2, -0.15) is 0 Å². The number of primary sulfonamides is 1. The first-order valence-corrected chi connectivity index (χ1v) is 10.4. The molecule has 1 amide bonds. The topological polar surface area (TPSA) is 107 Å². The van der Waals surface area contributed by atoms with Crippen molar-refractivity contribution in [3.63, 3.8) is 0 Å². The van der Waals surface area contributed by atoms with Crippen LogP contribution < -0.4 is 10.0 Å². The number of benzene rings is 1. The van der Waals surface area contributed by atoms with Gasteiger partial charge in [-0.3, -0.25) is 4.79 Å². The number of hydrogen-bond donors (Lipinski definition) is 1. The summed E-state index contributed by atoms with van der Waals surface area (Å²) >= 11 is 0.830. The number of fused-ring (bicyclic) bond motifs is 1. The summed E-state index contributed by atoms with van der Waals surface area (Å²) < 4.78 is 27.7. The van der Waals surface area contributed by atoms with Crippen LogP contribution in [0.15, 0.2) is 39.9 Å². The maximum atomic E-state index is 12.7. The second-order valence-corrected chi connectivity index (χ2v) is 8.67. The van der Waals surface area contributed by atoms with Gasteiger partial charge in [0.15, 0.2) is 6.10 Å². The van der Waals surface area contributed by atoms with Crippen LogP contribution >= 0.6 is 11.3 Å². The van der Waals surface area contributed by atoms with E-state index in [-0.39, 0.29) is 15.7 Å². The molecule has 0 bridgehead atoms. The summed E-state index contributed by atoms with van der Waals surface area (Å²) in [4.78, 5) is 26.6. The van der Waals surface area contributed by atoms with Gasteiger partial charge < -0.3 is 9.64 Å². The molecular formula is C17H18N2O5S2. The SMILES string of the molecule is CC(OC(=O)c1csc(S(N)(=O)=O)c1)C(=O)N1CCCc2ccccc21. The van der Waals surface area contributed by atoms with Crippen molar-refractivity contribution in [1.29, 1.82) is 0 Å². The molecule has 0 spiro atoms. The van der Waals surface area contributed by atoms with Crippen LogP contribution in [-0.4, -0.2) is 32.9 Å². The fourth-order valence-corrected chi connectivity index (χ4v) is 4.41. The number of rotatable bonds is 4. The van der Waals surface area contributed by atoms with Crippen LogP contribution in [-0.2, 0) is 26.0 Å². The smallest absolute Gasteiger partial charge is 0.339 e. The summed E-state index contributed by atoms with van der Waals surface area (Å²) in [5.41, 5.74) is 1.97. The summed E-state index contributed by atoms with van der Waals surface area (Å²) in [6.45, 7) is 2.07. The minimum atomic E-state index is -3.88. The van der Waals surface area contributed by atoms with E-state index in [0.29, 0.717) is 6.54 Å². The molecule has 2 heterocycles. The lowest BCUT2D eigenvalue weighted by Gasteiger charge is -2.31. The Morgan fingerprint density at radius 2 is 2.04 bits per heavy atom. The third kappa shape index (κ3) is 3.79. The molecule has 0 fully saturated rings. The number of carbonyl (C=O) groups is 2. The average molecular weight is 394 g/mol. The molecule has 0 saturated heterocycles. The molecule has 1 atom stereocenters. The first-order valence-electron chi connectivity index (χ1n) is 7.99. The zero-order chi connectivity index (χ0) is 18.9. The normalized spacial score (nSPS) is 15.2. The zero-order valence-corrected chi connectivity index (χ0v) is 15.7. The van der Waals surface area contributed by atoms with Crippen LogP contribution in [0, 0.1) is 0 Å². The molecule has 1 aliphatic rings. The van der Waals surface area contributed by atoms with Gasteiger partial charge in [0, 0.05) is 17.6 Å². The lowest BCUT2D eigenvalue weighted by molar-refractivity contribution is -0.126. The number of amides is 1. The molecule has 2 aromatic rings. The van der Waals surface area contributed by atoms with Gasteiger partial charge in [-0.05, 0) is 37.5 Å². The van der Waals surface area contributed by atoms with Gasteiger partial charge in [0.25, 0.3) is 5.91 Å². The minimum absolute atomic E-state index is 0.0534. The van der Waals surface area contributed by atoms with Crippen LogP contribution in [0.25, 0.3) is 0 Å². The number of nitrogens with two attached hydrogens (primary N) is 1. The number of para-hydroxylation sites is 1. The highest BCUT2D eigenvalue weighted by Gasteiger charge is 2.29. The molecule has 3 rings (SSSR count). The van der Waals surface area contributed by atoms with Crippen molar-refractivity contribution in [3.05, 3.63) is 46.8 Å². The van der Waals surface area contributed by atoms with Crippen molar-refractivity contribution in [1.82, 2.24) is 0 Å². The lowest BCUT2D eigenvalue weighted by atomic mass is 10.0. The lowest BCUT2D eigenvalue weighted by Crippen LogP contribution is -2.42. The number of nitrogens with zero attached hydrogens (tertiary/aromatic N) is 1. The molecular weight excluding hydrogens is 376 g/mol. The summed E-state index contributed by atoms with van der Waals surface area (Å²) in [5, 5.41) is 6.37. The van der Waals surface area contributed by atoms with Gasteiger partial charge >= 0.3 is 5.97 Å². The number of aryl methyl sites for hydroxylation is 1. The molecule has 7 nitrogen and oxygen atoms in total. The number of sulfonamides is 1. The second-order valence-electron chi connectivity index (χ2n) is 5.97. The fourth-order valence-electron chi connectivity index (χ4n) is 2.83. The van der Waals surface area contributed by atoms with E-state index >= 15 is 0 Å². The first-order chi connectivity index (χ1) is 12.3. The van der Waals surface area contributed by atoms with Gasteiger partial charge in [0.1, 0.15) is 4.21 Å². The Morgan fingerprint density at radius 3 is 2.73 bits per heavy atom. The number of hydrogen-bond acceptors (Lipinski definition) is 6. The van der Waals surface area contributed by atoms with Crippen LogP contribution in [0.1, 0.15) is 29.3 Å². The maximum Gasteiger partial charge on any atom is 0.339 e. The fraction of sp³-hybridized carbons (Fsp3) is 0.294. The Bertz CT molecular complexity index is 952. The van der Waals surface area contributed by atoms with Crippen molar-refractivity contribution in [2.24, 2.45) is 5.14 Å². The maximum absolute atomic E-state index is 12.7. The standard InChI is InChI=1S/C17H18N2O5S2/c1-11(24-17(21)13-9-15(25-10-13)26(18,22)23)16(20)19-8-4-6-12-5-2-3-7-14(12)19/h2-3,5,7,9-11H,4,6,8H2,1H3,(H2,18,22,23). The third-order valence-electron chi connectivity index (χ3n) is 4.10. The van der Waals surface area contributed by atoms with Crippen LogP contribution in [0.4, 0.5) is 5.69 Å². The highest BCUT2D eigenvalue weighted by atomic mass is 32.2. The Hall–Kier alpha value is -2.23. The van der Waals surface area contributed by atoms with E-state index in [0.717, 1.165) is 41.5 Å². The van der Waals surface area contributed by atoms with Crippen LogP contribution in [0.2, 0.25) is 0 Å². The highest BCUT2D eigenvalue weighted by Crippen LogP contribution is 2.27. The van der Waals surface area contributed by atoms with E-state index in [1.807, 2.05) is 24.3 Å². The van der Waals surface area contributed by atoms with Gasteiger partial charge in [-0.15, -0.1) is 11.3 Å². The third-order valence-corrected chi connectivity index (χ3v) is 6.49. The van der Waals surface area contributed by atoms with E-state index in [1.54, 1.807) is 4.90 Å². The molecule has 138 valence electrons. The molecule has 26 heavy (non-hydrogen) atoms. The molecule has 0 radical (unpaired) electrons. The Kier molecular flexibility index (Phi) is 5.12. The van der Waals surface area contributed by atoms with E-state index in [4.69, 9.17) is 9.88 Å². The molecule has 1 aromatic heterocycles. The molecule has 9 heteroatoms. The summed E-state index contributed by atoms with van der Waals surface area (Å²) in [6, 6.07) is 8.79. The van der Waals surface area contributed by atoms with Crippen molar-refractivity contribution in [2.45, 2.75) is 30.1 Å². The molecule has 1 aromatic carbocycles. The number of carbonyl (C=O) groups excluding carboxylic acids is 2. The van der Waals surface area contributed by atoms with Crippen molar-refractivity contribution in [2.75, 3.05) is 11.4 Å². The van der Waals surface area contributed by atoms with Crippen LogP contribution in [0.3, 0.4) is 0 Å². The summed E-state index contributed by atoms with van der Waals surface area (Å²) in [6.07, 6.45) is 0.747. The number of thiophene rings is 1. The van der Waals surface area contributed by atoms with Gasteiger partial charge in [-0.1, -0.05) is 18.2 Å². The zero-order valence-electron chi connectivity index (χ0n) is 14.0. The molecule has 2 N–H and O–H groups in total. The van der Waals surface area contributed by atoms with Gasteiger partial charge in [-0.25, -0.2) is 18.4 Å². The minimum Gasteiger partial charge on any atom is -0.449 e. The molecule has 0 saturated carbocycles. The van der Waals surface area contributed by atoms with E-state index in [1.165, 1.54) is 12.3 Å². The van der Waals surface area contributed by atoms with Crippen molar-refractivity contribution < 1.29 is 22.7 Å². The predicted molar refractivity (Wildman–Crippen MR) is 97.7 cm³/mol. The van der Waals surface area contributed by atoms with Crippen LogP contribution in [0.5, 0.6) is 0 Å². The van der Waals surface area contributed by atoms with E-state index in [9.17, 15) is 18.0 Å². The molecule has 0 aliphatic carbocycles. The largest absolute Gasteiger partial charge is 0.449 e. The summed E-state index contributed by atoms with van der Waals surface area (Å²) in [5.74, 6) is -1.07. The quantitative estimate of drug-likeness (QED) is 0.798. The number of ether oxygens (including phenoxy) is 1. The highest BCUT2D eigenvalue weighted by molar-refractivity contribution is 7.91. The van der Waals surface area contributed by atoms with Crippen molar-refractivity contribution in [3.8, 4) is 0 Å². The van der Waals surface area contributed by atoms with Gasteiger partial charge in [0.05, 0.1) is 5.56 Å². The Morgan fingerprint density at radius 1 is 1.31 bits per heavy atom. The predicted octanol–water partition coefficient (Wildman–Crippen LogP) is 1.92. The van der Waals surface area contributed by atoms with Crippen molar-refractivity contribution >= 4 is 38.9 Å². The monoisotopic (exact) mass is 394 g/mol.